The number of rotatable bonds is 6. The smallest absolute Gasteiger partial charge is 0.251 e. The Balaban J connectivity index is 1.48. The third kappa shape index (κ3) is 5.45. The van der Waals surface area contributed by atoms with Gasteiger partial charge in [0.2, 0.25) is 5.91 Å². The predicted molar refractivity (Wildman–Crippen MR) is 107 cm³/mol. The first-order valence-corrected chi connectivity index (χ1v) is 9.73. The molecule has 3 aromatic rings. The summed E-state index contributed by atoms with van der Waals surface area (Å²) in [6.07, 6.45) is 0.122. The Morgan fingerprint density at radius 1 is 1.15 bits per heavy atom. The minimum atomic E-state index is -0.340. The zero-order valence-electron chi connectivity index (χ0n) is 14.0. The quantitative estimate of drug-likeness (QED) is 0.585. The van der Waals surface area contributed by atoms with Crippen molar-refractivity contribution in [3.63, 3.8) is 0 Å². The van der Waals surface area contributed by atoms with E-state index in [2.05, 4.69) is 31.5 Å². The van der Waals surface area contributed by atoms with Crippen LogP contribution in [0.2, 0.25) is 0 Å². The Labute approximate surface area is 167 Å². The number of benzene rings is 2. The van der Waals surface area contributed by atoms with Gasteiger partial charge >= 0.3 is 0 Å². The number of aromatic nitrogens is 1. The summed E-state index contributed by atoms with van der Waals surface area (Å²) in [5, 5.41) is 7.56. The van der Waals surface area contributed by atoms with E-state index in [9.17, 15) is 14.0 Å². The lowest BCUT2D eigenvalue weighted by Gasteiger charge is -2.05. The van der Waals surface area contributed by atoms with E-state index >= 15 is 0 Å². The number of amides is 2. The van der Waals surface area contributed by atoms with E-state index < -0.39 is 0 Å². The lowest BCUT2D eigenvalue weighted by atomic mass is 10.2. The van der Waals surface area contributed by atoms with Crippen molar-refractivity contribution >= 4 is 44.2 Å². The van der Waals surface area contributed by atoms with Gasteiger partial charge in [-0.15, -0.1) is 11.3 Å². The van der Waals surface area contributed by atoms with Crippen molar-refractivity contribution in [2.75, 3.05) is 11.9 Å². The summed E-state index contributed by atoms with van der Waals surface area (Å²) in [7, 11) is 0. The average Bonchev–Trinajstić information content (AvgIpc) is 3.10. The van der Waals surface area contributed by atoms with Crippen molar-refractivity contribution in [1.82, 2.24) is 10.3 Å². The topological polar surface area (TPSA) is 71.1 Å². The van der Waals surface area contributed by atoms with E-state index in [0.29, 0.717) is 22.0 Å². The van der Waals surface area contributed by atoms with Crippen molar-refractivity contribution in [3.05, 3.63) is 69.8 Å². The SMILES string of the molecule is O=C(CCNC(=O)c1ccc(Br)cc1)Nc1nc(-c2cccc(F)c2)cs1. The summed E-state index contributed by atoms with van der Waals surface area (Å²) in [5.41, 5.74) is 1.77. The van der Waals surface area contributed by atoms with Crippen molar-refractivity contribution in [3.8, 4) is 11.3 Å². The Morgan fingerprint density at radius 2 is 1.93 bits per heavy atom. The molecule has 0 aliphatic rings. The third-order valence-electron chi connectivity index (χ3n) is 3.61. The lowest BCUT2D eigenvalue weighted by molar-refractivity contribution is -0.116. The van der Waals surface area contributed by atoms with Crippen molar-refractivity contribution in [2.24, 2.45) is 0 Å². The van der Waals surface area contributed by atoms with E-state index in [4.69, 9.17) is 0 Å². The summed E-state index contributed by atoms with van der Waals surface area (Å²) in [4.78, 5) is 28.3. The summed E-state index contributed by atoms with van der Waals surface area (Å²) < 4.78 is 14.2. The number of hydrogen-bond acceptors (Lipinski definition) is 4. The zero-order valence-corrected chi connectivity index (χ0v) is 16.4. The Hall–Kier alpha value is -2.58. The highest BCUT2D eigenvalue weighted by Crippen LogP contribution is 2.25. The monoisotopic (exact) mass is 447 g/mol. The first-order valence-electron chi connectivity index (χ1n) is 8.06. The average molecular weight is 448 g/mol. The van der Waals surface area contributed by atoms with E-state index in [1.54, 1.807) is 41.8 Å². The Kier molecular flexibility index (Phi) is 6.31. The predicted octanol–water partition coefficient (Wildman–Crippen LogP) is 4.47. The van der Waals surface area contributed by atoms with Crippen LogP contribution in [0.5, 0.6) is 0 Å². The molecule has 1 heterocycles. The Bertz CT molecular complexity index is 960. The molecule has 27 heavy (non-hydrogen) atoms. The van der Waals surface area contributed by atoms with E-state index in [-0.39, 0.29) is 30.6 Å². The molecule has 2 N–H and O–H groups in total. The second-order valence-electron chi connectivity index (χ2n) is 5.61. The molecule has 138 valence electrons. The van der Waals surface area contributed by atoms with Gasteiger partial charge in [0.05, 0.1) is 5.69 Å². The van der Waals surface area contributed by atoms with Crippen LogP contribution in [0.25, 0.3) is 11.3 Å². The maximum Gasteiger partial charge on any atom is 0.251 e. The largest absolute Gasteiger partial charge is 0.352 e. The second kappa shape index (κ2) is 8.88. The number of hydrogen-bond donors (Lipinski definition) is 2. The van der Waals surface area contributed by atoms with Gasteiger partial charge < -0.3 is 10.6 Å². The molecule has 0 unspecified atom stereocenters. The van der Waals surface area contributed by atoms with Crippen LogP contribution in [0.15, 0.2) is 58.4 Å². The fourth-order valence-corrected chi connectivity index (χ4v) is 3.29. The van der Waals surface area contributed by atoms with Crippen LogP contribution in [-0.2, 0) is 4.79 Å². The molecule has 1 aromatic heterocycles. The van der Waals surface area contributed by atoms with Crippen molar-refractivity contribution < 1.29 is 14.0 Å². The number of anilines is 1. The number of halogens is 2. The van der Waals surface area contributed by atoms with Gasteiger partial charge in [-0.05, 0) is 36.4 Å². The highest BCUT2D eigenvalue weighted by Gasteiger charge is 2.10. The highest BCUT2D eigenvalue weighted by molar-refractivity contribution is 9.10. The van der Waals surface area contributed by atoms with Gasteiger partial charge in [-0.1, -0.05) is 28.1 Å². The van der Waals surface area contributed by atoms with E-state index in [1.165, 1.54) is 23.5 Å². The van der Waals surface area contributed by atoms with Gasteiger partial charge in [0, 0.05) is 33.9 Å². The van der Waals surface area contributed by atoms with Gasteiger partial charge in [0.25, 0.3) is 5.91 Å². The maximum atomic E-state index is 13.3. The number of carbonyl (C=O) groups is 2. The van der Waals surface area contributed by atoms with Crippen LogP contribution >= 0.6 is 27.3 Å². The van der Waals surface area contributed by atoms with Gasteiger partial charge in [-0.25, -0.2) is 9.37 Å². The molecule has 0 spiro atoms. The third-order valence-corrected chi connectivity index (χ3v) is 4.90. The summed E-state index contributed by atoms with van der Waals surface area (Å²) in [6, 6.07) is 13.1. The summed E-state index contributed by atoms with van der Waals surface area (Å²) in [6.45, 7) is 0.211. The standard InChI is InChI=1S/C19H15BrFN3O2S/c20-14-6-4-12(5-7-14)18(26)22-9-8-17(25)24-19-23-16(11-27-19)13-2-1-3-15(21)10-13/h1-7,10-11H,8-9H2,(H,22,26)(H,23,24,25). The minimum Gasteiger partial charge on any atom is -0.352 e. The molecule has 3 rings (SSSR count). The fraction of sp³-hybridized carbons (Fsp3) is 0.105. The number of thiazole rings is 1. The van der Waals surface area contributed by atoms with Crippen molar-refractivity contribution in [2.45, 2.75) is 6.42 Å². The molecule has 0 aliphatic carbocycles. The highest BCUT2D eigenvalue weighted by atomic mass is 79.9. The molecule has 8 heteroatoms. The second-order valence-corrected chi connectivity index (χ2v) is 7.38. The molecule has 5 nitrogen and oxygen atoms in total. The number of nitrogens with one attached hydrogen (secondary N) is 2. The van der Waals surface area contributed by atoms with Crippen LogP contribution in [0.4, 0.5) is 9.52 Å². The van der Waals surface area contributed by atoms with Crippen LogP contribution < -0.4 is 10.6 Å². The molecule has 0 saturated carbocycles. The van der Waals surface area contributed by atoms with Gasteiger partial charge in [0.1, 0.15) is 5.82 Å². The van der Waals surface area contributed by atoms with Gasteiger partial charge in [0.15, 0.2) is 5.13 Å². The molecular formula is C19H15BrFN3O2S. The van der Waals surface area contributed by atoms with Crippen LogP contribution in [0, 0.1) is 5.82 Å². The Morgan fingerprint density at radius 3 is 2.67 bits per heavy atom. The normalized spacial score (nSPS) is 10.4. The molecule has 2 aromatic carbocycles. The molecule has 2 amide bonds. The molecule has 0 saturated heterocycles. The van der Waals surface area contributed by atoms with E-state index in [0.717, 1.165) is 4.47 Å². The van der Waals surface area contributed by atoms with Crippen molar-refractivity contribution in [1.29, 1.82) is 0 Å². The maximum absolute atomic E-state index is 13.3. The summed E-state index contributed by atoms with van der Waals surface area (Å²) >= 11 is 4.57. The number of carbonyl (C=O) groups excluding carboxylic acids is 2. The zero-order chi connectivity index (χ0) is 19.2. The lowest BCUT2D eigenvalue weighted by Crippen LogP contribution is -2.27. The molecule has 0 radical (unpaired) electrons. The minimum absolute atomic E-state index is 0.122. The first-order chi connectivity index (χ1) is 13.0. The molecule has 0 bridgehead atoms. The van der Waals surface area contributed by atoms with Crippen LogP contribution in [0.3, 0.4) is 0 Å². The number of nitrogens with zero attached hydrogens (tertiary/aromatic N) is 1. The molecule has 0 fully saturated rings. The van der Waals surface area contributed by atoms with E-state index in [1.807, 2.05) is 0 Å². The molecule has 0 atom stereocenters. The molecule has 0 aliphatic heterocycles. The molecular weight excluding hydrogens is 433 g/mol. The first kappa shape index (κ1) is 19.2. The summed E-state index contributed by atoms with van der Waals surface area (Å²) in [5.74, 6) is -0.836. The van der Waals surface area contributed by atoms with Gasteiger partial charge in [-0.2, -0.15) is 0 Å². The van der Waals surface area contributed by atoms with Crippen LogP contribution in [0.1, 0.15) is 16.8 Å². The van der Waals surface area contributed by atoms with Crippen LogP contribution in [-0.4, -0.2) is 23.3 Å². The van der Waals surface area contributed by atoms with Gasteiger partial charge in [-0.3, -0.25) is 9.59 Å². The fourth-order valence-electron chi connectivity index (χ4n) is 2.29.